The molecule has 1 aliphatic carbocycles. The minimum absolute atomic E-state index is 0.0486. The first kappa shape index (κ1) is 22.6. The maximum atomic E-state index is 12.7. The van der Waals surface area contributed by atoms with Crippen molar-refractivity contribution in [2.45, 2.75) is 47.3 Å². The molecule has 2 aromatic carbocycles. The van der Waals surface area contributed by atoms with Crippen LogP contribution in [0.15, 0.2) is 66.2 Å². The van der Waals surface area contributed by atoms with E-state index in [0.29, 0.717) is 11.3 Å². The Bertz CT molecular complexity index is 959. The number of para-hydroxylation sites is 1. The van der Waals surface area contributed by atoms with Gasteiger partial charge in [0.05, 0.1) is 12.0 Å². The monoisotopic (exact) mass is 422 g/mol. The highest BCUT2D eigenvalue weighted by Crippen LogP contribution is 2.60. The summed E-state index contributed by atoms with van der Waals surface area (Å²) in [5, 5.41) is 0. The van der Waals surface area contributed by atoms with E-state index in [9.17, 15) is 9.59 Å². The lowest BCUT2D eigenvalue weighted by molar-refractivity contribution is -0.147. The minimum Gasteiger partial charge on any atom is -0.461 e. The summed E-state index contributed by atoms with van der Waals surface area (Å²) in [5.41, 5.74) is 1.12. The van der Waals surface area contributed by atoms with Crippen LogP contribution in [0.3, 0.4) is 0 Å². The van der Waals surface area contributed by atoms with Crippen molar-refractivity contribution < 1.29 is 23.8 Å². The fraction of sp³-hybridized carbons (Fsp3) is 0.385. The van der Waals surface area contributed by atoms with Crippen molar-refractivity contribution in [3.8, 4) is 11.5 Å². The van der Waals surface area contributed by atoms with E-state index in [0.717, 1.165) is 11.3 Å². The Morgan fingerprint density at radius 2 is 1.71 bits per heavy atom. The molecule has 5 heteroatoms. The fourth-order valence-corrected chi connectivity index (χ4v) is 3.65. The van der Waals surface area contributed by atoms with Crippen molar-refractivity contribution >= 4 is 11.9 Å². The highest BCUT2D eigenvalue weighted by molar-refractivity contribution is 5.88. The van der Waals surface area contributed by atoms with Crippen molar-refractivity contribution in [2.75, 3.05) is 0 Å². The van der Waals surface area contributed by atoms with Crippen molar-refractivity contribution in [1.82, 2.24) is 0 Å². The normalized spacial score (nSPS) is 19.6. The molecule has 0 aromatic heterocycles. The van der Waals surface area contributed by atoms with Gasteiger partial charge in [-0.05, 0) is 61.9 Å². The summed E-state index contributed by atoms with van der Waals surface area (Å²) in [6.45, 7) is 9.53. The van der Waals surface area contributed by atoms with Gasteiger partial charge in [0.2, 0.25) is 0 Å². The first-order valence-electron chi connectivity index (χ1n) is 10.6. The Morgan fingerprint density at radius 3 is 2.39 bits per heavy atom. The van der Waals surface area contributed by atoms with E-state index < -0.39 is 0 Å². The molecule has 0 spiro atoms. The number of ether oxygens (including phenoxy) is 3. The average Bonchev–Trinajstić information content (AvgIpc) is 3.26. The van der Waals surface area contributed by atoms with E-state index >= 15 is 0 Å². The summed E-state index contributed by atoms with van der Waals surface area (Å²) in [7, 11) is 0. The average molecular weight is 423 g/mol. The predicted molar refractivity (Wildman–Crippen MR) is 119 cm³/mol. The predicted octanol–water partition coefficient (Wildman–Crippen LogP) is 5.69. The van der Waals surface area contributed by atoms with Crippen LogP contribution >= 0.6 is 0 Å². The standard InChI is InChI=1S/C26H30O5/c1-17(2)30-24(27)18(3)14-22-23(26(22,4)5)25(28)29-16-19-10-9-13-21(15-19)31-20-11-7-6-8-12-20/h6-15,17,22-23H,16H2,1-5H3/b18-14+/t22-,23+/m1/s1. The number of hydrogen-bond donors (Lipinski definition) is 0. The Labute approximate surface area is 184 Å². The molecular weight excluding hydrogens is 392 g/mol. The number of benzene rings is 2. The van der Waals surface area contributed by atoms with E-state index in [-0.39, 0.29) is 41.9 Å². The summed E-state index contributed by atoms with van der Waals surface area (Å²) < 4.78 is 16.7. The number of carbonyl (C=O) groups is 2. The third-order valence-electron chi connectivity index (χ3n) is 5.52. The van der Waals surface area contributed by atoms with Gasteiger partial charge in [-0.25, -0.2) is 4.79 Å². The molecule has 1 saturated carbocycles. The molecule has 0 amide bonds. The van der Waals surface area contributed by atoms with E-state index in [1.54, 1.807) is 6.92 Å². The van der Waals surface area contributed by atoms with Gasteiger partial charge < -0.3 is 14.2 Å². The lowest BCUT2D eigenvalue weighted by atomic mass is 10.1. The lowest BCUT2D eigenvalue weighted by Crippen LogP contribution is -2.12. The second-order valence-corrected chi connectivity index (χ2v) is 8.80. The third-order valence-corrected chi connectivity index (χ3v) is 5.52. The van der Waals surface area contributed by atoms with Gasteiger partial charge in [0.1, 0.15) is 18.1 Å². The first-order valence-corrected chi connectivity index (χ1v) is 10.6. The summed E-state index contributed by atoms with van der Waals surface area (Å²) >= 11 is 0. The number of allylic oxidation sites excluding steroid dienone is 1. The molecule has 31 heavy (non-hydrogen) atoms. The Balaban J connectivity index is 1.58. The highest BCUT2D eigenvalue weighted by atomic mass is 16.5. The van der Waals surface area contributed by atoms with E-state index in [4.69, 9.17) is 14.2 Å². The van der Waals surface area contributed by atoms with Crippen LogP contribution < -0.4 is 4.74 Å². The minimum atomic E-state index is -0.347. The summed E-state index contributed by atoms with van der Waals surface area (Å²) in [4.78, 5) is 24.8. The third kappa shape index (κ3) is 5.75. The number of hydrogen-bond acceptors (Lipinski definition) is 5. The largest absolute Gasteiger partial charge is 0.461 e. The zero-order valence-electron chi connectivity index (χ0n) is 18.8. The van der Waals surface area contributed by atoms with Gasteiger partial charge in [-0.3, -0.25) is 4.79 Å². The summed E-state index contributed by atoms with van der Waals surface area (Å²) in [6, 6.07) is 17.0. The summed E-state index contributed by atoms with van der Waals surface area (Å²) in [6.07, 6.45) is 1.66. The van der Waals surface area contributed by atoms with Crippen LogP contribution in [-0.4, -0.2) is 18.0 Å². The van der Waals surface area contributed by atoms with Crippen LogP contribution in [0, 0.1) is 17.3 Å². The molecule has 0 N–H and O–H groups in total. The second kappa shape index (κ2) is 9.38. The van der Waals surface area contributed by atoms with Crippen molar-refractivity contribution in [1.29, 1.82) is 0 Å². The van der Waals surface area contributed by atoms with Crippen LogP contribution in [0.25, 0.3) is 0 Å². The van der Waals surface area contributed by atoms with Crippen LogP contribution in [0.4, 0.5) is 0 Å². The van der Waals surface area contributed by atoms with E-state index in [2.05, 4.69) is 0 Å². The van der Waals surface area contributed by atoms with Gasteiger partial charge in [-0.2, -0.15) is 0 Å². The van der Waals surface area contributed by atoms with Gasteiger partial charge >= 0.3 is 11.9 Å². The van der Waals surface area contributed by atoms with Gasteiger partial charge in [0.15, 0.2) is 0 Å². The molecule has 5 nitrogen and oxygen atoms in total. The summed E-state index contributed by atoms with van der Waals surface area (Å²) in [5.74, 6) is 0.500. The van der Waals surface area contributed by atoms with Gasteiger partial charge in [-0.1, -0.05) is 50.3 Å². The van der Waals surface area contributed by atoms with Crippen molar-refractivity contribution in [3.05, 3.63) is 71.8 Å². The topological polar surface area (TPSA) is 61.8 Å². The van der Waals surface area contributed by atoms with Crippen LogP contribution in [0.5, 0.6) is 11.5 Å². The number of esters is 2. The molecule has 2 aromatic rings. The molecule has 0 saturated heterocycles. The molecule has 3 rings (SSSR count). The smallest absolute Gasteiger partial charge is 0.333 e. The molecule has 0 bridgehead atoms. The van der Waals surface area contributed by atoms with Crippen LogP contribution in [0.2, 0.25) is 0 Å². The Morgan fingerprint density at radius 1 is 1.03 bits per heavy atom. The van der Waals surface area contributed by atoms with Gasteiger partial charge in [0, 0.05) is 5.57 Å². The second-order valence-electron chi connectivity index (χ2n) is 8.80. The Kier molecular flexibility index (Phi) is 6.84. The molecular formula is C26H30O5. The zero-order chi connectivity index (χ0) is 22.6. The van der Waals surface area contributed by atoms with Crippen LogP contribution in [0.1, 0.15) is 40.2 Å². The van der Waals surface area contributed by atoms with Gasteiger partial charge in [-0.15, -0.1) is 0 Å². The van der Waals surface area contributed by atoms with Gasteiger partial charge in [0.25, 0.3) is 0 Å². The Hall–Kier alpha value is -3.08. The molecule has 0 radical (unpaired) electrons. The number of carbonyl (C=O) groups excluding carboxylic acids is 2. The molecule has 2 atom stereocenters. The van der Waals surface area contributed by atoms with E-state index in [1.165, 1.54) is 0 Å². The maximum Gasteiger partial charge on any atom is 0.333 e. The maximum absolute atomic E-state index is 12.7. The molecule has 0 unspecified atom stereocenters. The zero-order valence-corrected chi connectivity index (χ0v) is 18.8. The molecule has 164 valence electrons. The fourth-order valence-electron chi connectivity index (χ4n) is 3.65. The van der Waals surface area contributed by atoms with Crippen molar-refractivity contribution in [3.63, 3.8) is 0 Å². The molecule has 1 fully saturated rings. The molecule has 0 aliphatic heterocycles. The quantitative estimate of drug-likeness (QED) is 0.404. The molecule has 1 aliphatic rings. The van der Waals surface area contributed by atoms with Crippen LogP contribution in [-0.2, 0) is 25.7 Å². The lowest BCUT2D eigenvalue weighted by Gasteiger charge is -2.09. The first-order chi connectivity index (χ1) is 14.7. The highest BCUT2D eigenvalue weighted by Gasteiger charge is 2.61. The SMILES string of the molecule is C/C(=C\[C@@H]1[C@@H](C(=O)OCc2cccc(Oc3ccccc3)c2)C1(C)C)C(=O)OC(C)C. The molecule has 0 heterocycles. The van der Waals surface area contributed by atoms with E-state index in [1.807, 2.05) is 88.4 Å². The number of rotatable bonds is 8. The van der Waals surface area contributed by atoms with Crippen molar-refractivity contribution in [2.24, 2.45) is 17.3 Å².